The first kappa shape index (κ1) is 16.4. The fourth-order valence-corrected chi connectivity index (χ4v) is 1.71. The maximum atomic E-state index is 11.9. The van der Waals surface area contributed by atoms with E-state index < -0.39 is 5.72 Å². The van der Waals surface area contributed by atoms with Gasteiger partial charge < -0.3 is 9.64 Å². The second kappa shape index (κ2) is 6.39. The molecule has 3 nitrogen and oxygen atoms in total. The molecule has 0 spiro atoms. The van der Waals surface area contributed by atoms with Crippen molar-refractivity contribution in [1.29, 1.82) is 0 Å². The Morgan fingerprint density at radius 1 is 1.29 bits per heavy atom. The van der Waals surface area contributed by atoms with Crippen molar-refractivity contribution < 1.29 is 9.53 Å². The number of hydrogen-bond donors (Lipinski definition) is 0. The van der Waals surface area contributed by atoms with E-state index >= 15 is 0 Å². The molecule has 1 fully saturated rings. The van der Waals surface area contributed by atoms with Crippen LogP contribution in [0.4, 0.5) is 0 Å². The minimum atomic E-state index is -0.414. The summed E-state index contributed by atoms with van der Waals surface area (Å²) in [6.45, 7) is 15.8. The van der Waals surface area contributed by atoms with E-state index in [0.717, 1.165) is 6.54 Å². The van der Waals surface area contributed by atoms with Crippen molar-refractivity contribution in [1.82, 2.24) is 4.90 Å². The van der Waals surface area contributed by atoms with Crippen molar-refractivity contribution in [3.63, 3.8) is 0 Å². The van der Waals surface area contributed by atoms with Crippen LogP contribution in [0.1, 0.15) is 61.3 Å². The molecule has 0 aromatic carbocycles. The molecular weight excluding hydrogens is 214 g/mol. The minimum Gasteiger partial charge on any atom is -0.354 e. The number of hydrogen-bond acceptors (Lipinski definition) is 2. The number of carbonyl (C=O) groups is 1. The average molecular weight is 243 g/mol. The Labute approximate surface area is 107 Å². The lowest BCUT2D eigenvalue weighted by Gasteiger charge is -2.32. The zero-order chi connectivity index (χ0) is 13.7. The average Bonchev–Trinajstić information content (AvgIpc) is 2.43. The molecule has 0 bridgehead atoms. The van der Waals surface area contributed by atoms with E-state index in [-0.39, 0.29) is 11.3 Å². The first-order valence-electron chi connectivity index (χ1n) is 6.58. The molecule has 0 N–H and O–H groups in total. The predicted octanol–water partition coefficient (Wildman–Crippen LogP) is 3.43. The second-order valence-corrected chi connectivity index (χ2v) is 6.29. The Kier molecular flexibility index (Phi) is 6.17. The number of carbonyl (C=O) groups excluding carboxylic acids is 1. The molecule has 0 aliphatic carbocycles. The topological polar surface area (TPSA) is 29.5 Å². The third-order valence-electron chi connectivity index (χ3n) is 2.40. The summed E-state index contributed by atoms with van der Waals surface area (Å²) in [6.07, 6.45) is 1.83. The summed E-state index contributed by atoms with van der Waals surface area (Å²) in [7, 11) is 0. The predicted molar refractivity (Wildman–Crippen MR) is 71.8 cm³/mol. The van der Waals surface area contributed by atoms with Crippen molar-refractivity contribution in [3.8, 4) is 0 Å². The maximum Gasteiger partial charge on any atom is 0.225 e. The summed E-state index contributed by atoms with van der Waals surface area (Å²) in [5.41, 5.74) is -0.363. The molecule has 1 amide bonds. The van der Waals surface area contributed by atoms with Crippen LogP contribution in [0.3, 0.4) is 0 Å². The monoisotopic (exact) mass is 243 g/mol. The molecule has 3 heteroatoms. The SMILES string of the molecule is CC(C)(C)CC(=O)N1CCOC1(C)C.CCC. The number of amides is 1. The molecular formula is C14H29NO2. The normalized spacial score (nSPS) is 18.6. The van der Waals surface area contributed by atoms with Crippen molar-refractivity contribution >= 4 is 5.91 Å². The van der Waals surface area contributed by atoms with Gasteiger partial charge in [0.2, 0.25) is 5.91 Å². The van der Waals surface area contributed by atoms with Gasteiger partial charge in [-0.2, -0.15) is 0 Å². The third-order valence-corrected chi connectivity index (χ3v) is 2.40. The van der Waals surface area contributed by atoms with Gasteiger partial charge in [-0.1, -0.05) is 41.0 Å². The summed E-state index contributed by atoms with van der Waals surface area (Å²) in [5, 5.41) is 0. The van der Waals surface area contributed by atoms with Gasteiger partial charge in [0.15, 0.2) is 0 Å². The van der Waals surface area contributed by atoms with Crippen LogP contribution in [0.15, 0.2) is 0 Å². The number of rotatable bonds is 1. The number of nitrogens with zero attached hydrogens (tertiary/aromatic N) is 1. The highest BCUT2D eigenvalue weighted by atomic mass is 16.5. The molecule has 0 radical (unpaired) electrons. The highest BCUT2D eigenvalue weighted by Crippen LogP contribution is 2.27. The summed E-state index contributed by atoms with van der Waals surface area (Å²) in [4.78, 5) is 13.8. The molecule has 102 valence electrons. The molecule has 0 saturated carbocycles. The lowest BCUT2D eigenvalue weighted by Crippen LogP contribution is -2.44. The van der Waals surface area contributed by atoms with Crippen molar-refractivity contribution in [2.24, 2.45) is 5.41 Å². The maximum absolute atomic E-state index is 11.9. The van der Waals surface area contributed by atoms with E-state index in [2.05, 4.69) is 34.6 Å². The van der Waals surface area contributed by atoms with Crippen LogP contribution in [-0.2, 0) is 9.53 Å². The highest BCUT2D eigenvalue weighted by molar-refractivity contribution is 5.77. The van der Waals surface area contributed by atoms with Gasteiger partial charge in [0.25, 0.3) is 0 Å². The molecule has 1 aliphatic heterocycles. The molecule has 0 aromatic rings. The van der Waals surface area contributed by atoms with Gasteiger partial charge in [0.05, 0.1) is 6.61 Å². The molecule has 1 heterocycles. The second-order valence-electron chi connectivity index (χ2n) is 6.29. The van der Waals surface area contributed by atoms with Crippen LogP contribution < -0.4 is 0 Å². The van der Waals surface area contributed by atoms with Gasteiger partial charge in [-0.05, 0) is 19.3 Å². The molecule has 0 atom stereocenters. The summed E-state index contributed by atoms with van der Waals surface area (Å²) in [6, 6.07) is 0. The standard InChI is InChI=1S/C11H21NO2.C3H8/c1-10(2,3)8-9(13)12-6-7-14-11(12,4)5;1-3-2/h6-8H2,1-5H3;3H2,1-2H3. The van der Waals surface area contributed by atoms with Gasteiger partial charge in [-0.3, -0.25) is 4.79 Å². The zero-order valence-electron chi connectivity index (χ0n) is 12.6. The Morgan fingerprint density at radius 2 is 1.76 bits per heavy atom. The highest BCUT2D eigenvalue weighted by Gasteiger charge is 2.37. The van der Waals surface area contributed by atoms with E-state index in [1.54, 1.807) is 0 Å². The van der Waals surface area contributed by atoms with E-state index in [1.165, 1.54) is 6.42 Å². The van der Waals surface area contributed by atoms with Crippen molar-refractivity contribution in [3.05, 3.63) is 0 Å². The van der Waals surface area contributed by atoms with Crippen LogP contribution in [0.5, 0.6) is 0 Å². The van der Waals surface area contributed by atoms with Gasteiger partial charge in [-0.15, -0.1) is 0 Å². The van der Waals surface area contributed by atoms with E-state index in [9.17, 15) is 4.79 Å². The summed E-state index contributed by atoms with van der Waals surface area (Å²) in [5.74, 6) is 0.194. The van der Waals surface area contributed by atoms with E-state index in [0.29, 0.717) is 13.0 Å². The first-order valence-corrected chi connectivity index (χ1v) is 6.58. The smallest absolute Gasteiger partial charge is 0.225 e. The molecule has 0 unspecified atom stereocenters. The van der Waals surface area contributed by atoms with E-state index in [4.69, 9.17) is 4.74 Å². The summed E-state index contributed by atoms with van der Waals surface area (Å²) >= 11 is 0. The largest absolute Gasteiger partial charge is 0.354 e. The molecule has 1 saturated heterocycles. The Bertz CT molecular complexity index is 241. The lowest BCUT2D eigenvalue weighted by atomic mass is 9.91. The minimum absolute atomic E-state index is 0.0513. The third kappa shape index (κ3) is 6.06. The lowest BCUT2D eigenvalue weighted by molar-refractivity contribution is -0.145. The van der Waals surface area contributed by atoms with Crippen molar-refractivity contribution in [2.75, 3.05) is 13.2 Å². The van der Waals surface area contributed by atoms with Gasteiger partial charge in [0.1, 0.15) is 5.72 Å². The van der Waals surface area contributed by atoms with Crippen LogP contribution in [-0.4, -0.2) is 29.7 Å². The molecule has 1 aliphatic rings. The molecule has 1 rings (SSSR count). The molecule has 0 aromatic heterocycles. The first-order chi connectivity index (χ1) is 7.64. The summed E-state index contributed by atoms with van der Waals surface area (Å²) < 4.78 is 5.49. The van der Waals surface area contributed by atoms with Crippen LogP contribution in [0.2, 0.25) is 0 Å². The fourth-order valence-electron chi connectivity index (χ4n) is 1.71. The van der Waals surface area contributed by atoms with Gasteiger partial charge >= 0.3 is 0 Å². The number of ether oxygens (including phenoxy) is 1. The van der Waals surface area contributed by atoms with Crippen LogP contribution in [0.25, 0.3) is 0 Å². The fraction of sp³-hybridized carbons (Fsp3) is 0.929. The molecule has 17 heavy (non-hydrogen) atoms. The van der Waals surface area contributed by atoms with Crippen LogP contribution >= 0.6 is 0 Å². The van der Waals surface area contributed by atoms with Gasteiger partial charge in [0, 0.05) is 13.0 Å². The quantitative estimate of drug-likeness (QED) is 0.706. The van der Waals surface area contributed by atoms with E-state index in [1.807, 2.05) is 18.7 Å². The Morgan fingerprint density at radius 3 is 2.06 bits per heavy atom. The Balaban J connectivity index is 0.000000770. The zero-order valence-corrected chi connectivity index (χ0v) is 12.6. The Hall–Kier alpha value is -0.570. The van der Waals surface area contributed by atoms with Gasteiger partial charge in [-0.25, -0.2) is 0 Å². The van der Waals surface area contributed by atoms with Crippen molar-refractivity contribution in [2.45, 2.75) is 67.0 Å². The van der Waals surface area contributed by atoms with Crippen LogP contribution in [0, 0.1) is 5.41 Å².